The number of carbonyl (C=O) groups is 2. The second-order valence-electron chi connectivity index (χ2n) is 6.45. The summed E-state index contributed by atoms with van der Waals surface area (Å²) in [5.74, 6) is 0.219. The van der Waals surface area contributed by atoms with Crippen molar-refractivity contribution in [1.29, 1.82) is 0 Å². The molecule has 1 heterocycles. The molecule has 0 spiro atoms. The Morgan fingerprint density at radius 2 is 2.24 bits per heavy atom. The van der Waals surface area contributed by atoms with E-state index in [1.54, 1.807) is 18.2 Å². The summed E-state index contributed by atoms with van der Waals surface area (Å²) in [7, 11) is 0. The Labute approximate surface area is 153 Å². The molecule has 2 amide bonds. The van der Waals surface area contributed by atoms with Crippen molar-refractivity contribution < 1.29 is 14.3 Å². The van der Waals surface area contributed by atoms with Crippen LogP contribution in [0.25, 0.3) is 0 Å². The van der Waals surface area contributed by atoms with Crippen molar-refractivity contribution in [3.05, 3.63) is 28.8 Å². The van der Waals surface area contributed by atoms with E-state index >= 15 is 0 Å². The highest BCUT2D eigenvalue weighted by Gasteiger charge is 2.23. The monoisotopic (exact) mass is 367 g/mol. The van der Waals surface area contributed by atoms with Crippen LogP contribution in [-0.4, -0.2) is 49.5 Å². The van der Waals surface area contributed by atoms with Gasteiger partial charge in [-0.25, -0.2) is 0 Å². The number of rotatable bonds is 8. The van der Waals surface area contributed by atoms with Crippen LogP contribution in [-0.2, 0) is 9.59 Å². The maximum Gasteiger partial charge on any atom is 0.257 e. The van der Waals surface area contributed by atoms with E-state index in [-0.39, 0.29) is 24.3 Å². The van der Waals surface area contributed by atoms with Gasteiger partial charge < -0.3 is 20.7 Å². The molecule has 0 radical (unpaired) electrons. The molecule has 1 fully saturated rings. The molecule has 0 aromatic heterocycles. The number of halogens is 1. The number of nitrogens with one attached hydrogen (secondary N) is 1. The molecule has 138 valence electrons. The number of carbonyl (C=O) groups excluding carboxylic acids is 2. The second kappa shape index (κ2) is 9.63. The van der Waals surface area contributed by atoms with E-state index in [4.69, 9.17) is 22.1 Å². The van der Waals surface area contributed by atoms with Crippen molar-refractivity contribution in [3.63, 3.8) is 0 Å². The van der Waals surface area contributed by atoms with E-state index in [1.807, 2.05) is 6.92 Å². The summed E-state index contributed by atoms with van der Waals surface area (Å²) in [5.41, 5.74) is 6.29. The summed E-state index contributed by atoms with van der Waals surface area (Å²) in [4.78, 5) is 25.3. The summed E-state index contributed by atoms with van der Waals surface area (Å²) in [5, 5.41) is 3.52. The Bertz CT molecular complexity index is 609. The molecule has 0 aliphatic carbocycles. The van der Waals surface area contributed by atoms with Crippen LogP contribution < -0.4 is 15.8 Å². The van der Waals surface area contributed by atoms with E-state index < -0.39 is 0 Å². The fraction of sp³-hybridized carbons (Fsp3) is 0.556. The molecule has 1 atom stereocenters. The Morgan fingerprint density at radius 1 is 1.44 bits per heavy atom. The first-order valence-corrected chi connectivity index (χ1v) is 9.01. The highest BCUT2D eigenvalue weighted by atomic mass is 35.5. The first kappa shape index (κ1) is 19.5. The lowest BCUT2D eigenvalue weighted by molar-refractivity contribution is -0.123. The molecule has 1 aromatic rings. The molecule has 1 aliphatic heterocycles. The summed E-state index contributed by atoms with van der Waals surface area (Å²) >= 11 is 5.95. The van der Waals surface area contributed by atoms with Gasteiger partial charge in [0.25, 0.3) is 5.91 Å². The lowest BCUT2D eigenvalue weighted by Crippen LogP contribution is -2.42. The van der Waals surface area contributed by atoms with Gasteiger partial charge in [-0.1, -0.05) is 11.6 Å². The van der Waals surface area contributed by atoms with Gasteiger partial charge in [0.15, 0.2) is 6.61 Å². The van der Waals surface area contributed by atoms with Crippen molar-refractivity contribution in [2.24, 2.45) is 11.7 Å². The minimum atomic E-state index is -0.215. The van der Waals surface area contributed by atoms with Crippen LogP contribution in [0.3, 0.4) is 0 Å². The number of hydrogen-bond acceptors (Lipinski definition) is 4. The number of likely N-dealkylation sites (tertiary alicyclic amines) is 1. The quantitative estimate of drug-likeness (QED) is 0.685. The number of aryl methyl sites for hydroxylation is 1. The highest BCUT2D eigenvalue weighted by molar-refractivity contribution is 6.31. The summed E-state index contributed by atoms with van der Waals surface area (Å²) < 4.78 is 5.46. The molecule has 2 rings (SSSR count). The number of piperidine rings is 1. The van der Waals surface area contributed by atoms with Crippen LogP contribution in [0.15, 0.2) is 18.2 Å². The lowest BCUT2D eigenvalue weighted by atomic mass is 9.97. The Morgan fingerprint density at radius 3 is 2.96 bits per heavy atom. The number of benzene rings is 1. The largest absolute Gasteiger partial charge is 0.484 e. The molecular formula is C18H26ClN3O3. The van der Waals surface area contributed by atoms with E-state index in [2.05, 4.69) is 10.2 Å². The second-order valence-corrected chi connectivity index (χ2v) is 6.85. The molecule has 1 saturated heterocycles. The molecular weight excluding hydrogens is 342 g/mol. The van der Waals surface area contributed by atoms with Crippen LogP contribution >= 0.6 is 11.6 Å². The SMILES string of the molecule is Cc1cc(OCC(=O)NCCCN2CCCC(C(N)=O)C2)ccc1Cl. The summed E-state index contributed by atoms with van der Waals surface area (Å²) in [6, 6.07) is 5.30. The first-order valence-electron chi connectivity index (χ1n) is 8.63. The maximum atomic E-state index is 11.8. The van der Waals surface area contributed by atoms with Crippen LogP contribution in [0.2, 0.25) is 5.02 Å². The molecule has 0 saturated carbocycles. The first-order chi connectivity index (χ1) is 12.0. The zero-order valence-corrected chi connectivity index (χ0v) is 15.3. The molecule has 0 bridgehead atoms. The fourth-order valence-electron chi connectivity index (χ4n) is 2.93. The predicted molar refractivity (Wildman–Crippen MR) is 97.7 cm³/mol. The van der Waals surface area contributed by atoms with E-state index in [1.165, 1.54) is 0 Å². The van der Waals surface area contributed by atoms with Crippen molar-refractivity contribution in [2.45, 2.75) is 26.2 Å². The van der Waals surface area contributed by atoms with Crippen LogP contribution in [0.1, 0.15) is 24.8 Å². The van der Waals surface area contributed by atoms with Crippen LogP contribution in [0, 0.1) is 12.8 Å². The zero-order valence-electron chi connectivity index (χ0n) is 14.6. The van der Waals surface area contributed by atoms with Crippen LogP contribution in [0.5, 0.6) is 5.75 Å². The van der Waals surface area contributed by atoms with Gasteiger partial charge in [-0.15, -0.1) is 0 Å². The Kier molecular flexibility index (Phi) is 7.52. The van der Waals surface area contributed by atoms with Gasteiger partial charge in [0.2, 0.25) is 5.91 Å². The van der Waals surface area contributed by atoms with Gasteiger partial charge in [-0.2, -0.15) is 0 Å². The summed E-state index contributed by atoms with van der Waals surface area (Å²) in [6.07, 6.45) is 2.70. The topological polar surface area (TPSA) is 84.7 Å². The number of amides is 2. The summed E-state index contributed by atoms with van der Waals surface area (Å²) in [6.45, 7) is 5.01. The molecule has 1 aliphatic rings. The average molecular weight is 368 g/mol. The van der Waals surface area contributed by atoms with Gasteiger partial charge in [0.1, 0.15) is 5.75 Å². The van der Waals surface area contributed by atoms with Gasteiger partial charge in [-0.3, -0.25) is 9.59 Å². The van der Waals surface area contributed by atoms with Crippen molar-refractivity contribution >= 4 is 23.4 Å². The number of nitrogens with two attached hydrogens (primary N) is 1. The average Bonchev–Trinajstić information content (AvgIpc) is 2.60. The van der Waals surface area contributed by atoms with E-state index in [0.717, 1.165) is 44.5 Å². The molecule has 6 nitrogen and oxygen atoms in total. The third kappa shape index (κ3) is 6.55. The molecule has 3 N–H and O–H groups in total. The molecule has 1 aromatic carbocycles. The van der Waals surface area contributed by atoms with E-state index in [9.17, 15) is 9.59 Å². The van der Waals surface area contributed by atoms with Crippen molar-refractivity contribution in [3.8, 4) is 5.75 Å². The third-order valence-corrected chi connectivity index (χ3v) is 4.80. The molecule has 7 heteroatoms. The minimum Gasteiger partial charge on any atom is -0.484 e. The Hall–Kier alpha value is -1.79. The Balaban J connectivity index is 1.60. The fourth-order valence-corrected chi connectivity index (χ4v) is 3.05. The smallest absolute Gasteiger partial charge is 0.257 e. The maximum absolute atomic E-state index is 11.8. The van der Waals surface area contributed by atoms with Gasteiger partial charge in [0.05, 0.1) is 5.92 Å². The number of primary amides is 1. The zero-order chi connectivity index (χ0) is 18.2. The molecule has 25 heavy (non-hydrogen) atoms. The number of nitrogens with zero attached hydrogens (tertiary/aromatic N) is 1. The molecule has 1 unspecified atom stereocenters. The normalized spacial score (nSPS) is 17.9. The van der Waals surface area contributed by atoms with Crippen molar-refractivity contribution in [1.82, 2.24) is 10.2 Å². The van der Waals surface area contributed by atoms with Crippen LogP contribution in [0.4, 0.5) is 0 Å². The number of hydrogen-bond donors (Lipinski definition) is 2. The standard InChI is InChI=1S/C18H26ClN3O3/c1-13-10-15(5-6-16(13)19)25-12-17(23)21-7-3-9-22-8-2-4-14(11-22)18(20)24/h5-6,10,14H,2-4,7-9,11-12H2,1H3,(H2,20,24)(H,21,23). The lowest BCUT2D eigenvalue weighted by Gasteiger charge is -2.31. The van der Waals surface area contributed by atoms with Gasteiger partial charge in [0, 0.05) is 18.1 Å². The predicted octanol–water partition coefficient (Wildman–Crippen LogP) is 1.73. The highest BCUT2D eigenvalue weighted by Crippen LogP contribution is 2.20. The van der Waals surface area contributed by atoms with Gasteiger partial charge in [-0.05, 0) is 63.0 Å². The third-order valence-electron chi connectivity index (χ3n) is 4.38. The van der Waals surface area contributed by atoms with Gasteiger partial charge >= 0.3 is 0 Å². The minimum absolute atomic E-state index is 0.0193. The van der Waals surface area contributed by atoms with Crippen molar-refractivity contribution in [2.75, 3.05) is 32.8 Å². The van der Waals surface area contributed by atoms with E-state index in [0.29, 0.717) is 17.3 Å². The number of ether oxygens (including phenoxy) is 1.